The molecule has 0 aromatic heterocycles. The Balaban J connectivity index is 2.62. The summed E-state index contributed by atoms with van der Waals surface area (Å²) in [7, 11) is 0.159. The maximum Gasteiger partial charge on any atom is 0.0330 e. The zero-order valence-corrected chi connectivity index (χ0v) is 6.34. The van der Waals surface area contributed by atoms with E-state index in [-0.39, 0.29) is 7.92 Å². The van der Waals surface area contributed by atoms with Crippen LogP contribution in [0.5, 0.6) is 0 Å². The van der Waals surface area contributed by atoms with Crippen LogP contribution in [0.25, 0.3) is 0 Å². The van der Waals surface area contributed by atoms with E-state index in [1.54, 1.807) is 0 Å². The van der Waals surface area contributed by atoms with Crippen molar-refractivity contribution in [1.82, 2.24) is 0 Å². The van der Waals surface area contributed by atoms with Gasteiger partial charge in [-0.3, -0.25) is 0 Å². The van der Waals surface area contributed by atoms with Crippen LogP contribution in [0, 0.1) is 11.8 Å². The zero-order chi connectivity index (χ0) is 6.15. The van der Waals surface area contributed by atoms with E-state index in [9.17, 15) is 0 Å². The van der Waals surface area contributed by atoms with Gasteiger partial charge in [-0.15, -0.1) is 5.92 Å². The van der Waals surface area contributed by atoms with Crippen LogP contribution in [0.4, 0.5) is 0 Å². The van der Waals surface area contributed by atoms with Gasteiger partial charge in [-0.1, -0.05) is 5.92 Å². The molecular weight excluding hydrogens is 115 g/mol. The lowest BCUT2D eigenvalue weighted by Crippen LogP contribution is -1.46. The zero-order valence-electron chi connectivity index (χ0n) is 5.45. The predicted molar refractivity (Wildman–Crippen MR) is 39.0 cm³/mol. The number of rotatable bonds is 0. The first-order valence-electron chi connectivity index (χ1n) is 2.64. The Morgan fingerprint density at radius 2 is 2.00 bits per heavy atom. The molecule has 1 heteroatoms. The van der Waals surface area contributed by atoms with Crippen LogP contribution >= 0.6 is 7.92 Å². The number of allylic oxidation sites excluding steroid dienone is 2. The Kier molecular flexibility index (Phi) is 1.41. The molecule has 0 aromatic rings. The third kappa shape index (κ3) is 0.791. The van der Waals surface area contributed by atoms with Gasteiger partial charge in [-0.25, -0.2) is 0 Å². The SMILES string of the molecule is CC#CC1=C(C)P1C. The number of hydrogen-bond donors (Lipinski definition) is 0. The Morgan fingerprint density at radius 3 is 2.12 bits per heavy atom. The first kappa shape index (κ1) is 5.86. The molecule has 0 saturated carbocycles. The second kappa shape index (κ2) is 1.92. The van der Waals surface area contributed by atoms with Crippen LogP contribution in [-0.4, -0.2) is 6.66 Å². The van der Waals surface area contributed by atoms with Gasteiger partial charge in [0.25, 0.3) is 0 Å². The second-order valence-electron chi connectivity index (χ2n) is 1.87. The van der Waals surface area contributed by atoms with E-state index in [0.29, 0.717) is 0 Å². The molecule has 0 aliphatic carbocycles. The molecule has 1 aliphatic rings. The molecule has 1 aliphatic heterocycles. The highest BCUT2D eigenvalue weighted by molar-refractivity contribution is 7.73. The first-order valence-corrected chi connectivity index (χ1v) is 4.43. The van der Waals surface area contributed by atoms with E-state index in [2.05, 4.69) is 25.4 Å². The molecule has 42 valence electrons. The van der Waals surface area contributed by atoms with E-state index in [1.807, 2.05) is 6.92 Å². The molecule has 0 bridgehead atoms. The average Bonchev–Trinajstić information content (AvgIpc) is 2.25. The third-order valence-electron chi connectivity index (χ3n) is 1.37. The Labute approximate surface area is 51.7 Å². The maximum absolute atomic E-state index is 3.08. The van der Waals surface area contributed by atoms with Crippen molar-refractivity contribution in [3.8, 4) is 11.8 Å². The lowest BCUT2D eigenvalue weighted by atomic mass is 10.5. The molecule has 1 heterocycles. The molecule has 0 fully saturated rings. The van der Waals surface area contributed by atoms with Gasteiger partial charge in [0.2, 0.25) is 0 Å². The predicted octanol–water partition coefficient (Wildman–Crippen LogP) is 2.37. The van der Waals surface area contributed by atoms with Gasteiger partial charge >= 0.3 is 0 Å². The minimum atomic E-state index is 0.159. The number of hydrogen-bond acceptors (Lipinski definition) is 0. The van der Waals surface area contributed by atoms with Crippen molar-refractivity contribution in [2.75, 3.05) is 6.66 Å². The molecule has 1 rings (SSSR count). The van der Waals surface area contributed by atoms with Gasteiger partial charge in [0, 0.05) is 5.31 Å². The molecule has 8 heavy (non-hydrogen) atoms. The Hall–Kier alpha value is -0.270. The lowest BCUT2D eigenvalue weighted by molar-refractivity contribution is 1.74. The summed E-state index contributed by atoms with van der Waals surface area (Å²) in [6.07, 6.45) is 0. The van der Waals surface area contributed by atoms with E-state index < -0.39 is 0 Å². The molecule has 0 nitrogen and oxygen atoms in total. The minimum absolute atomic E-state index is 0.159. The molecule has 0 aromatic carbocycles. The third-order valence-corrected chi connectivity index (χ3v) is 3.50. The first-order chi connectivity index (χ1) is 3.77. The Morgan fingerprint density at radius 1 is 1.50 bits per heavy atom. The molecule has 1 atom stereocenters. The minimum Gasteiger partial charge on any atom is -0.101 e. The molecule has 0 saturated heterocycles. The van der Waals surface area contributed by atoms with Crippen LogP contribution in [-0.2, 0) is 0 Å². The van der Waals surface area contributed by atoms with E-state index in [0.717, 1.165) is 0 Å². The normalized spacial score (nSPS) is 24.6. The summed E-state index contributed by atoms with van der Waals surface area (Å²) < 4.78 is 0. The summed E-state index contributed by atoms with van der Waals surface area (Å²) in [5, 5.41) is 2.96. The fraction of sp³-hybridized carbons (Fsp3) is 0.429. The molecule has 1 unspecified atom stereocenters. The van der Waals surface area contributed by atoms with Crippen LogP contribution in [0.3, 0.4) is 0 Å². The molecule has 0 N–H and O–H groups in total. The Bertz CT molecular complexity index is 190. The van der Waals surface area contributed by atoms with E-state index in [1.165, 1.54) is 10.6 Å². The molecular formula is C7H9P. The summed E-state index contributed by atoms with van der Waals surface area (Å²) in [5.74, 6) is 5.98. The van der Waals surface area contributed by atoms with E-state index in [4.69, 9.17) is 0 Å². The molecule has 0 radical (unpaired) electrons. The van der Waals surface area contributed by atoms with Crippen molar-refractivity contribution in [2.24, 2.45) is 0 Å². The molecule has 0 amide bonds. The quantitative estimate of drug-likeness (QED) is 0.343. The van der Waals surface area contributed by atoms with Gasteiger partial charge in [0.15, 0.2) is 0 Å². The topological polar surface area (TPSA) is 0 Å². The maximum atomic E-state index is 3.08. The van der Waals surface area contributed by atoms with Crippen molar-refractivity contribution < 1.29 is 0 Å². The average molecular weight is 124 g/mol. The lowest BCUT2D eigenvalue weighted by Gasteiger charge is -1.74. The summed E-state index contributed by atoms with van der Waals surface area (Å²) >= 11 is 0. The van der Waals surface area contributed by atoms with Crippen LogP contribution in [0.2, 0.25) is 0 Å². The smallest absolute Gasteiger partial charge is 0.0330 e. The van der Waals surface area contributed by atoms with Crippen LogP contribution < -0.4 is 0 Å². The van der Waals surface area contributed by atoms with Gasteiger partial charge < -0.3 is 0 Å². The van der Waals surface area contributed by atoms with Gasteiger partial charge in [0.05, 0.1) is 0 Å². The summed E-state index contributed by atoms with van der Waals surface area (Å²) in [5.41, 5.74) is 0. The van der Waals surface area contributed by atoms with Crippen LogP contribution in [0.1, 0.15) is 13.8 Å². The van der Waals surface area contributed by atoms with Crippen molar-refractivity contribution >= 4 is 7.92 Å². The highest BCUT2D eigenvalue weighted by Crippen LogP contribution is 2.65. The van der Waals surface area contributed by atoms with Gasteiger partial charge in [-0.2, -0.15) is 0 Å². The second-order valence-corrected chi connectivity index (χ2v) is 4.10. The van der Waals surface area contributed by atoms with Gasteiger partial charge in [-0.05, 0) is 33.7 Å². The standard InChI is InChI=1S/C7H9P/c1-4-5-7-6(2)8(7)3/h1-3H3. The van der Waals surface area contributed by atoms with Crippen molar-refractivity contribution in [3.05, 3.63) is 10.6 Å². The monoisotopic (exact) mass is 124 g/mol. The van der Waals surface area contributed by atoms with Crippen molar-refractivity contribution in [1.29, 1.82) is 0 Å². The summed E-state index contributed by atoms with van der Waals surface area (Å²) in [6.45, 7) is 6.32. The summed E-state index contributed by atoms with van der Waals surface area (Å²) in [4.78, 5) is 0. The summed E-state index contributed by atoms with van der Waals surface area (Å²) in [6, 6.07) is 0. The van der Waals surface area contributed by atoms with Crippen molar-refractivity contribution in [3.63, 3.8) is 0 Å². The fourth-order valence-electron chi connectivity index (χ4n) is 0.650. The highest BCUT2D eigenvalue weighted by atomic mass is 31.1. The van der Waals surface area contributed by atoms with Crippen molar-refractivity contribution in [2.45, 2.75) is 13.8 Å². The van der Waals surface area contributed by atoms with Crippen LogP contribution in [0.15, 0.2) is 10.6 Å². The largest absolute Gasteiger partial charge is 0.101 e. The molecule has 0 spiro atoms. The fourth-order valence-corrected chi connectivity index (χ4v) is 2.00. The van der Waals surface area contributed by atoms with Gasteiger partial charge in [0.1, 0.15) is 0 Å². The van der Waals surface area contributed by atoms with E-state index >= 15 is 0 Å². The highest BCUT2D eigenvalue weighted by Gasteiger charge is 2.25.